The lowest BCUT2D eigenvalue weighted by Gasteiger charge is -2.20. The highest BCUT2D eigenvalue weighted by Crippen LogP contribution is 2.33. The van der Waals surface area contributed by atoms with Crippen molar-refractivity contribution in [3.05, 3.63) is 59.4 Å². The molecule has 0 aromatic heterocycles. The van der Waals surface area contributed by atoms with Crippen LogP contribution < -0.4 is 4.74 Å². The lowest BCUT2D eigenvalue weighted by atomic mass is 10.1. The summed E-state index contributed by atoms with van der Waals surface area (Å²) < 4.78 is 72.5. The number of rotatable bonds is 5. The largest absolute Gasteiger partial charge is 0.494 e. The van der Waals surface area contributed by atoms with Crippen LogP contribution in [0.3, 0.4) is 0 Å². The number of halogens is 1. The first-order chi connectivity index (χ1) is 13.7. The van der Waals surface area contributed by atoms with E-state index in [4.69, 9.17) is 4.74 Å². The second kappa shape index (κ2) is 8.41. The van der Waals surface area contributed by atoms with E-state index in [-0.39, 0.29) is 35.7 Å². The molecule has 0 spiro atoms. The third-order valence-electron chi connectivity index (χ3n) is 5.04. The van der Waals surface area contributed by atoms with Crippen LogP contribution in [0.1, 0.15) is 29.7 Å². The number of sulfone groups is 1. The Bertz CT molecular complexity index is 1100. The molecule has 0 saturated carbocycles. The van der Waals surface area contributed by atoms with Crippen LogP contribution in [0.25, 0.3) is 0 Å². The van der Waals surface area contributed by atoms with Crippen molar-refractivity contribution in [2.24, 2.45) is 0 Å². The minimum Gasteiger partial charge on any atom is -0.494 e. The Morgan fingerprint density at radius 3 is 2.55 bits per heavy atom. The highest BCUT2D eigenvalue weighted by molar-refractivity contribution is 7.92. The van der Waals surface area contributed by atoms with Gasteiger partial charge in [0.2, 0.25) is 10.0 Å². The minimum atomic E-state index is -3.89. The zero-order valence-corrected chi connectivity index (χ0v) is 18.0. The maximum Gasteiger partial charge on any atom is 0.243 e. The fraction of sp³-hybridized carbons (Fsp3) is 0.400. The van der Waals surface area contributed by atoms with Gasteiger partial charge in [-0.3, -0.25) is 0 Å². The van der Waals surface area contributed by atoms with Gasteiger partial charge in [-0.2, -0.15) is 4.31 Å². The van der Waals surface area contributed by atoms with Gasteiger partial charge in [-0.15, -0.1) is 0 Å². The number of hydrogen-bond donors (Lipinski definition) is 0. The van der Waals surface area contributed by atoms with E-state index in [1.165, 1.54) is 34.6 Å². The maximum atomic E-state index is 14.2. The van der Waals surface area contributed by atoms with Gasteiger partial charge in [0.05, 0.1) is 22.5 Å². The zero-order chi connectivity index (χ0) is 21.2. The highest BCUT2D eigenvalue weighted by atomic mass is 32.2. The van der Waals surface area contributed by atoms with Gasteiger partial charge >= 0.3 is 0 Å². The molecule has 1 heterocycles. The summed E-state index contributed by atoms with van der Waals surface area (Å²) in [7, 11) is -7.59. The highest BCUT2D eigenvalue weighted by Gasteiger charge is 2.36. The van der Waals surface area contributed by atoms with Gasteiger partial charge in [-0.25, -0.2) is 21.2 Å². The molecule has 0 radical (unpaired) electrons. The lowest BCUT2D eigenvalue weighted by molar-refractivity contribution is 0.337. The van der Waals surface area contributed by atoms with Crippen molar-refractivity contribution in [2.75, 3.05) is 25.4 Å². The van der Waals surface area contributed by atoms with Crippen LogP contribution in [0, 0.1) is 12.7 Å². The van der Waals surface area contributed by atoms with Crippen molar-refractivity contribution in [2.45, 2.75) is 30.4 Å². The first-order valence-corrected chi connectivity index (χ1v) is 12.5. The molecular weight excluding hydrogens is 417 g/mol. The van der Waals surface area contributed by atoms with Crippen LogP contribution in [0.15, 0.2) is 47.4 Å². The molecule has 158 valence electrons. The molecule has 0 bridgehead atoms. The fourth-order valence-corrected chi connectivity index (χ4v) is 6.96. The topological polar surface area (TPSA) is 80.8 Å². The number of sulfonamides is 1. The molecule has 0 aliphatic carbocycles. The van der Waals surface area contributed by atoms with Crippen molar-refractivity contribution in [3.8, 4) is 5.75 Å². The van der Waals surface area contributed by atoms with Crippen LogP contribution in [0.5, 0.6) is 5.75 Å². The van der Waals surface area contributed by atoms with E-state index in [0.29, 0.717) is 17.9 Å². The van der Waals surface area contributed by atoms with Crippen molar-refractivity contribution in [1.29, 1.82) is 0 Å². The minimum absolute atomic E-state index is 0.00148. The molecule has 1 aliphatic heterocycles. The summed E-state index contributed by atoms with van der Waals surface area (Å²) in [5, 5.41) is -1.06. The van der Waals surface area contributed by atoms with Crippen LogP contribution in [-0.2, 0) is 19.9 Å². The van der Waals surface area contributed by atoms with Crippen molar-refractivity contribution in [1.82, 2.24) is 4.31 Å². The van der Waals surface area contributed by atoms with Crippen LogP contribution >= 0.6 is 0 Å². The van der Waals surface area contributed by atoms with Gasteiger partial charge in [-0.05, 0) is 50.1 Å². The van der Waals surface area contributed by atoms with Crippen molar-refractivity contribution < 1.29 is 26.0 Å². The normalized spacial score (nSPS) is 20.2. The number of nitrogens with zero attached hydrogens (tertiary/aromatic N) is 1. The monoisotopic (exact) mass is 441 g/mol. The van der Waals surface area contributed by atoms with E-state index < -0.39 is 30.9 Å². The molecule has 1 fully saturated rings. The maximum absolute atomic E-state index is 14.2. The zero-order valence-electron chi connectivity index (χ0n) is 16.3. The first kappa shape index (κ1) is 21.7. The SMILES string of the molecule is CCOc1ccc(S(=O)(=O)N2CCC(c3ccccc3F)S(=O)(=O)CC2)cc1C. The van der Waals surface area contributed by atoms with Gasteiger partial charge in [0.25, 0.3) is 0 Å². The van der Waals surface area contributed by atoms with E-state index >= 15 is 0 Å². The second-order valence-corrected chi connectivity index (χ2v) is 11.2. The van der Waals surface area contributed by atoms with E-state index in [0.717, 1.165) is 0 Å². The summed E-state index contributed by atoms with van der Waals surface area (Å²) in [5.41, 5.74) is 0.767. The summed E-state index contributed by atoms with van der Waals surface area (Å²) in [6.45, 7) is 3.89. The average molecular weight is 442 g/mol. The smallest absolute Gasteiger partial charge is 0.243 e. The van der Waals surface area contributed by atoms with Crippen molar-refractivity contribution >= 4 is 19.9 Å². The van der Waals surface area contributed by atoms with Gasteiger partial charge in [0.1, 0.15) is 11.6 Å². The molecule has 2 aromatic rings. The standard InChI is InChI=1S/C20H24FNO5S2/c1-3-27-19-9-8-16(14-15(19)2)29(25,26)22-11-10-20(28(23,24)13-12-22)17-6-4-5-7-18(17)21/h4-9,14,20H,3,10-13H2,1-2H3. The Morgan fingerprint density at radius 1 is 1.17 bits per heavy atom. The molecule has 1 saturated heterocycles. The Labute approximate surface area is 171 Å². The summed E-state index contributed by atoms with van der Waals surface area (Å²) in [6.07, 6.45) is -0.00148. The van der Waals surface area contributed by atoms with E-state index in [2.05, 4.69) is 0 Å². The molecule has 1 unspecified atom stereocenters. The third kappa shape index (κ3) is 4.46. The van der Waals surface area contributed by atoms with E-state index in [1.807, 2.05) is 6.92 Å². The van der Waals surface area contributed by atoms with E-state index in [9.17, 15) is 21.2 Å². The molecule has 0 N–H and O–H groups in total. The Morgan fingerprint density at radius 2 is 1.90 bits per heavy atom. The summed E-state index contributed by atoms with van der Waals surface area (Å²) >= 11 is 0. The summed E-state index contributed by atoms with van der Waals surface area (Å²) in [6, 6.07) is 10.3. The number of benzene rings is 2. The molecule has 0 amide bonds. The van der Waals surface area contributed by atoms with Gasteiger partial charge in [-0.1, -0.05) is 18.2 Å². The number of hydrogen-bond acceptors (Lipinski definition) is 5. The quantitative estimate of drug-likeness (QED) is 0.712. The van der Waals surface area contributed by atoms with Gasteiger partial charge < -0.3 is 4.74 Å². The predicted octanol–water partition coefficient (Wildman–Crippen LogP) is 3.08. The molecule has 3 rings (SSSR count). The Hall–Kier alpha value is -1.97. The van der Waals surface area contributed by atoms with Gasteiger partial charge in [0.15, 0.2) is 9.84 Å². The first-order valence-electron chi connectivity index (χ1n) is 9.36. The number of aryl methyl sites for hydroxylation is 1. The summed E-state index contributed by atoms with van der Waals surface area (Å²) in [4.78, 5) is 0.0835. The van der Waals surface area contributed by atoms with Crippen LogP contribution in [-0.4, -0.2) is 46.6 Å². The molecule has 2 aromatic carbocycles. The third-order valence-corrected chi connectivity index (χ3v) is 9.04. The predicted molar refractivity (Wildman–Crippen MR) is 109 cm³/mol. The van der Waals surface area contributed by atoms with Gasteiger partial charge in [0, 0.05) is 18.7 Å². The molecule has 1 atom stereocenters. The lowest BCUT2D eigenvalue weighted by Crippen LogP contribution is -2.33. The Balaban J connectivity index is 1.89. The number of ether oxygens (including phenoxy) is 1. The second-order valence-electron chi connectivity index (χ2n) is 6.93. The molecule has 6 nitrogen and oxygen atoms in total. The van der Waals surface area contributed by atoms with Crippen LogP contribution in [0.2, 0.25) is 0 Å². The molecule has 29 heavy (non-hydrogen) atoms. The van der Waals surface area contributed by atoms with Crippen LogP contribution in [0.4, 0.5) is 4.39 Å². The van der Waals surface area contributed by atoms with E-state index in [1.54, 1.807) is 19.1 Å². The Kier molecular flexibility index (Phi) is 6.30. The molecule has 9 heteroatoms. The van der Waals surface area contributed by atoms with Crippen molar-refractivity contribution in [3.63, 3.8) is 0 Å². The average Bonchev–Trinajstić information content (AvgIpc) is 2.82. The fourth-order valence-electron chi connectivity index (χ4n) is 3.50. The molecular formula is C20H24FNO5S2. The molecule has 1 aliphatic rings. The summed E-state index contributed by atoms with van der Waals surface area (Å²) in [5.74, 6) is -0.356.